The number of nitrogens with zero attached hydrogens (tertiary/aromatic N) is 1. The van der Waals surface area contributed by atoms with Gasteiger partial charge in [0.1, 0.15) is 0 Å². The number of hydrogen-bond acceptors (Lipinski definition) is 1. The maximum atomic E-state index is 15.8. The Balaban J connectivity index is 1.70. The zero-order valence-corrected chi connectivity index (χ0v) is 24.6. The molecule has 2 nitrogen and oxygen atoms in total. The predicted molar refractivity (Wildman–Crippen MR) is 169 cm³/mol. The zero-order chi connectivity index (χ0) is 27.9. The van der Waals surface area contributed by atoms with Gasteiger partial charge in [0.05, 0.1) is 10.9 Å². The summed E-state index contributed by atoms with van der Waals surface area (Å²) in [7, 11) is -3.22. The van der Waals surface area contributed by atoms with Crippen molar-refractivity contribution < 1.29 is 9.13 Å². The molecule has 0 atom stereocenters. The number of rotatable bonds is 5. The Hall–Kier alpha value is -3.74. The van der Waals surface area contributed by atoms with Crippen molar-refractivity contribution in [2.45, 2.75) is 51.5 Å². The van der Waals surface area contributed by atoms with E-state index in [2.05, 4.69) is 74.9 Å². The minimum atomic E-state index is -3.22. The van der Waals surface area contributed by atoms with Crippen LogP contribution in [0, 0.1) is 0 Å². The van der Waals surface area contributed by atoms with Gasteiger partial charge in [-0.2, -0.15) is 4.57 Å². The van der Waals surface area contributed by atoms with Crippen molar-refractivity contribution in [1.82, 2.24) is 0 Å². The van der Waals surface area contributed by atoms with Crippen LogP contribution in [-0.2, 0) is 15.5 Å². The highest BCUT2D eigenvalue weighted by Crippen LogP contribution is 2.57. The molecule has 7 rings (SSSR count). The molecule has 0 radical (unpaired) electrons. The van der Waals surface area contributed by atoms with Gasteiger partial charge in [0.15, 0.2) is 18.9 Å². The zero-order valence-electron chi connectivity index (χ0n) is 23.7. The maximum Gasteiger partial charge on any atom is 0.222 e. The Kier molecular flexibility index (Phi) is 5.44. The molecule has 0 fully saturated rings. The van der Waals surface area contributed by atoms with E-state index in [1.54, 1.807) is 0 Å². The second kappa shape index (κ2) is 8.63. The van der Waals surface area contributed by atoms with Gasteiger partial charge in [0.25, 0.3) is 0 Å². The van der Waals surface area contributed by atoms with E-state index in [1.807, 2.05) is 60.7 Å². The van der Waals surface area contributed by atoms with Gasteiger partial charge >= 0.3 is 0 Å². The molecule has 1 aromatic heterocycles. The number of allylic oxidation sites excluding steroid dienone is 1. The molecular formula is C37H35NOP+. The Labute approximate surface area is 237 Å². The number of pyridine rings is 1. The average molecular weight is 541 g/mol. The van der Waals surface area contributed by atoms with Crippen molar-refractivity contribution in [3.8, 4) is 11.3 Å². The van der Waals surface area contributed by atoms with Gasteiger partial charge in [0, 0.05) is 45.8 Å². The van der Waals surface area contributed by atoms with Gasteiger partial charge in [0.2, 0.25) is 5.69 Å². The highest BCUT2D eigenvalue weighted by atomic mass is 31.2. The fourth-order valence-corrected chi connectivity index (χ4v) is 10.7. The second-order valence-electron chi connectivity index (χ2n) is 11.8. The third kappa shape index (κ3) is 3.01. The summed E-state index contributed by atoms with van der Waals surface area (Å²) in [4.78, 5) is 0. The molecular weight excluding hydrogens is 505 g/mol. The van der Waals surface area contributed by atoms with E-state index in [9.17, 15) is 0 Å². The molecule has 198 valence electrons. The summed E-state index contributed by atoms with van der Waals surface area (Å²) in [6.45, 7) is 13.9. The second-order valence-corrected chi connectivity index (χ2v) is 14.5. The van der Waals surface area contributed by atoms with E-state index in [0.29, 0.717) is 0 Å². The van der Waals surface area contributed by atoms with Crippen LogP contribution in [0.2, 0.25) is 0 Å². The van der Waals surface area contributed by atoms with Crippen molar-refractivity contribution in [1.29, 1.82) is 0 Å². The number of hydrogen-bond donors (Lipinski definition) is 0. The number of aromatic nitrogens is 1. The van der Waals surface area contributed by atoms with Crippen LogP contribution in [0.1, 0.15) is 57.2 Å². The number of benzene rings is 4. The molecule has 4 aromatic carbocycles. The lowest BCUT2D eigenvalue weighted by atomic mass is 9.65. The Bertz CT molecular complexity index is 1840. The van der Waals surface area contributed by atoms with Gasteiger partial charge in [-0.05, 0) is 28.1 Å². The van der Waals surface area contributed by atoms with Crippen LogP contribution in [0.25, 0.3) is 27.6 Å². The van der Waals surface area contributed by atoms with Crippen LogP contribution in [0.15, 0.2) is 110 Å². The summed E-state index contributed by atoms with van der Waals surface area (Å²) < 4.78 is 18.3. The molecule has 1 aliphatic heterocycles. The van der Waals surface area contributed by atoms with Crippen LogP contribution < -0.4 is 20.5 Å². The average Bonchev–Trinajstić information content (AvgIpc) is 3.00. The largest absolute Gasteiger partial charge is 0.309 e. The lowest BCUT2D eigenvalue weighted by Gasteiger charge is -2.43. The molecule has 0 N–H and O–H groups in total. The normalized spacial score (nSPS) is 16.2. The standard InChI is InChI=1S/C37H35NOP/c1-6-37(7-2)25(3)29-21-22-31(40(39,27-16-10-8-11-17-27)28-18-12-9-13-19-28)34-33(29)35-32-26(23-24-38(35)37)15-14-20-30(32)36(34,4)5/h8-24H,3,6-7H2,1-2,4-5H3/q+1. The first-order chi connectivity index (χ1) is 19.3. The summed E-state index contributed by atoms with van der Waals surface area (Å²) in [6, 6.07) is 33.5. The van der Waals surface area contributed by atoms with E-state index in [0.717, 1.165) is 34.3 Å². The minimum absolute atomic E-state index is 0.202. The Morgan fingerprint density at radius 1 is 0.775 bits per heavy atom. The summed E-state index contributed by atoms with van der Waals surface area (Å²) in [6.07, 6.45) is 4.19. The maximum absolute atomic E-state index is 15.8. The van der Waals surface area contributed by atoms with Crippen LogP contribution >= 0.6 is 7.14 Å². The molecule has 0 saturated carbocycles. The summed E-state index contributed by atoms with van der Waals surface area (Å²) >= 11 is 0. The molecule has 40 heavy (non-hydrogen) atoms. The first-order valence-corrected chi connectivity index (χ1v) is 16.1. The fourth-order valence-electron chi connectivity index (χ4n) is 7.68. The van der Waals surface area contributed by atoms with Gasteiger partial charge in [-0.25, -0.2) is 0 Å². The SMILES string of the molecule is C=C1c2ccc(P(=O)(c3ccccc3)c3ccccc3)c3c2-c2c4c(cccc4cc[n+]2C1(CC)CC)C3(C)C. The first kappa shape index (κ1) is 25.2. The molecule has 2 heterocycles. The van der Waals surface area contributed by atoms with Crippen LogP contribution in [0.4, 0.5) is 0 Å². The van der Waals surface area contributed by atoms with Gasteiger partial charge in [-0.1, -0.05) is 119 Å². The molecule has 1 aliphatic carbocycles. The lowest BCUT2D eigenvalue weighted by molar-refractivity contribution is -0.740. The smallest absolute Gasteiger partial charge is 0.222 e. The third-order valence-electron chi connectivity index (χ3n) is 9.79. The first-order valence-electron chi connectivity index (χ1n) is 14.4. The molecule has 0 spiro atoms. The van der Waals surface area contributed by atoms with Crippen LogP contribution in [0.3, 0.4) is 0 Å². The topological polar surface area (TPSA) is 20.9 Å². The van der Waals surface area contributed by atoms with E-state index in [4.69, 9.17) is 6.58 Å². The monoisotopic (exact) mass is 540 g/mol. The third-order valence-corrected chi connectivity index (χ3v) is 12.9. The van der Waals surface area contributed by atoms with E-state index < -0.39 is 7.14 Å². The molecule has 3 heteroatoms. The van der Waals surface area contributed by atoms with E-state index >= 15 is 4.57 Å². The molecule has 0 bridgehead atoms. The summed E-state index contributed by atoms with van der Waals surface area (Å²) in [5.74, 6) is 0. The predicted octanol–water partition coefficient (Wildman–Crippen LogP) is 7.62. The van der Waals surface area contributed by atoms with E-state index in [-0.39, 0.29) is 11.0 Å². The Morgan fingerprint density at radius 3 is 2.00 bits per heavy atom. The molecule has 2 aliphatic rings. The fraction of sp³-hybridized carbons (Fsp3) is 0.216. The molecule has 0 unspecified atom stereocenters. The highest BCUT2D eigenvalue weighted by Gasteiger charge is 2.53. The van der Waals surface area contributed by atoms with Gasteiger partial charge < -0.3 is 4.57 Å². The quantitative estimate of drug-likeness (QED) is 0.166. The van der Waals surface area contributed by atoms with Crippen molar-refractivity contribution in [2.75, 3.05) is 0 Å². The van der Waals surface area contributed by atoms with Crippen molar-refractivity contribution in [3.05, 3.63) is 127 Å². The highest BCUT2D eigenvalue weighted by molar-refractivity contribution is 7.85. The molecule has 5 aromatic rings. The van der Waals surface area contributed by atoms with Crippen LogP contribution in [0.5, 0.6) is 0 Å². The Morgan fingerprint density at radius 2 is 1.40 bits per heavy atom. The van der Waals surface area contributed by atoms with Crippen LogP contribution in [-0.4, -0.2) is 0 Å². The summed E-state index contributed by atoms with van der Waals surface area (Å²) in [5, 5.41) is 5.23. The molecule has 0 saturated heterocycles. The van der Waals surface area contributed by atoms with Gasteiger partial charge in [-0.3, -0.25) is 0 Å². The van der Waals surface area contributed by atoms with Crippen molar-refractivity contribution in [3.63, 3.8) is 0 Å². The minimum Gasteiger partial charge on any atom is -0.309 e. The van der Waals surface area contributed by atoms with Crippen molar-refractivity contribution >= 4 is 39.4 Å². The molecule has 0 amide bonds. The van der Waals surface area contributed by atoms with E-state index in [1.165, 1.54) is 38.7 Å². The lowest BCUT2D eigenvalue weighted by Crippen LogP contribution is -2.60. The summed E-state index contributed by atoms with van der Waals surface area (Å²) in [5.41, 5.74) is 6.71. The van der Waals surface area contributed by atoms with Gasteiger partial charge in [-0.15, -0.1) is 0 Å². The van der Waals surface area contributed by atoms with Crippen molar-refractivity contribution in [2.24, 2.45) is 0 Å².